The number of nitrogens with one attached hydrogen (secondary N) is 1. The van der Waals surface area contributed by atoms with Gasteiger partial charge in [-0.2, -0.15) is 0 Å². The van der Waals surface area contributed by atoms with Gasteiger partial charge in [0.15, 0.2) is 7.51 Å². The lowest BCUT2D eigenvalue weighted by Crippen LogP contribution is -2.34. The summed E-state index contributed by atoms with van der Waals surface area (Å²) in [6.07, 6.45) is 0. The second-order valence-corrected chi connectivity index (χ2v) is 6.63. The average Bonchev–Trinajstić information content (AvgIpc) is 3.04. The van der Waals surface area contributed by atoms with Crippen LogP contribution in [0.15, 0.2) is 0 Å². The van der Waals surface area contributed by atoms with E-state index in [1.54, 1.807) is 0 Å². The van der Waals surface area contributed by atoms with Crippen molar-refractivity contribution in [1.29, 1.82) is 5.16 Å². The van der Waals surface area contributed by atoms with Crippen molar-refractivity contribution in [2.24, 2.45) is 0 Å². The first kappa shape index (κ1) is 13.2. The topological polar surface area (TPSA) is 33.3 Å². The predicted molar refractivity (Wildman–Crippen MR) is 67.1 cm³/mol. The van der Waals surface area contributed by atoms with Crippen LogP contribution in [0.3, 0.4) is 0 Å². The molecular formula is C10H25N4P. The first-order valence-corrected chi connectivity index (χ1v) is 7.70. The zero-order valence-corrected chi connectivity index (χ0v) is 11.4. The van der Waals surface area contributed by atoms with Crippen molar-refractivity contribution in [1.82, 2.24) is 14.0 Å². The maximum Gasteiger partial charge on any atom is 0.165 e. The van der Waals surface area contributed by atoms with Gasteiger partial charge in [-0.15, -0.1) is 0 Å². The van der Waals surface area contributed by atoms with E-state index in [0.717, 1.165) is 39.3 Å². The van der Waals surface area contributed by atoms with Gasteiger partial charge in [0.1, 0.15) is 0 Å². The monoisotopic (exact) mass is 232 g/mol. The molecule has 0 aromatic heterocycles. The molecule has 0 spiro atoms. The number of rotatable bonds is 7. The minimum absolute atomic E-state index is 0.987. The smallest absolute Gasteiger partial charge is 0.165 e. The van der Waals surface area contributed by atoms with Gasteiger partial charge in [0.25, 0.3) is 0 Å². The van der Waals surface area contributed by atoms with Gasteiger partial charge in [-0.3, -0.25) is 5.16 Å². The molecule has 1 aliphatic rings. The molecule has 1 rings (SSSR count). The zero-order valence-electron chi connectivity index (χ0n) is 10.5. The van der Waals surface area contributed by atoms with Crippen molar-refractivity contribution < 1.29 is 0 Å². The third-order valence-corrected chi connectivity index (χ3v) is 6.96. The lowest BCUT2D eigenvalue weighted by Gasteiger charge is -2.41. The Morgan fingerprint density at radius 1 is 0.933 bits per heavy atom. The normalized spacial score (nSPS) is 17.7. The van der Waals surface area contributed by atoms with E-state index in [1.165, 1.54) is 0 Å². The SMILES string of the molecule is CCN(CC)P(=N)(N(CC)CC)N1CC1. The highest BCUT2D eigenvalue weighted by molar-refractivity contribution is 7.58. The quantitative estimate of drug-likeness (QED) is 0.541. The molecule has 90 valence electrons. The summed E-state index contributed by atoms with van der Waals surface area (Å²) in [4.78, 5) is 0. The first-order valence-electron chi connectivity index (χ1n) is 6.05. The molecule has 0 atom stereocenters. The molecule has 0 aliphatic carbocycles. The maximum atomic E-state index is 8.84. The molecule has 0 saturated carbocycles. The van der Waals surface area contributed by atoms with E-state index in [-0.39, 0.29) is 0 Å². The molecule has 1 N–H and O–H groups in total. The zero-order chi connectivity index (χ0) is 11.5. The molecule has 4 nitrogen and oxygen atoms in total. The number of hydrogen-bond acceptors (Lipinski definition) is 1. The molecule has 5 heteroatoms. The molecular weight excluding hydrogens is 207 g/mol. The summed E-state index contributed by atoms with van der Waals surface area (Å²) in [7, 11) is -1.90. The van der Waals surface area contributed by atoms with Crippen molar-refractivity contribution in [3.05, 3.63) is 0 Å². The van der Waals surface area contributed by atoms with Crippen LogP contribution < -0.4 is 0 Å². The van der Waals surface area contributed by atoms with Crippen LogP contribution in [-0.2, 0) is 0 Å². The lowest BCUT2D eigenvalue weighted by atomic mass is 10.7. The van der Waals surface area contributed by atoms with E-state index < -0.39 is 7.51 Å². The van der Waals surface area contributed by atoms with E-state index in [1.807, 2.05) is 0 Å². The van der Waals surface area contributed by atoms with Crippen LogP contribution >= 0.6 is 7.51 Å². The minimum Gasteiger partial charge on any atom is -0.277 e. The van der Waals surface area contributed by atoms with Crippen molar-refractivity contribution in [2.75, 3.05) is 39.3 Å². The van der Waals surface area contributed by atoms with E-state index in [4.69, 9.17) is 5.16 Å². The standard InChI is InChI=1S/C10H25N4P/c1-5-12(6-2)15(11,14-9-10-14)13(7-3)8-4/h11H,5-10H2,1-4H3. The minimum atomic E-state index is -1.90. The molecule has 0 radical (unpaired) electrons. The summed E-state index contributed by atoms with van der Waals surface area (Å²) in [5.74, 6) is 0. The van der Waals surface area contributed by atoms with Crippen molar-refractivity contribution in [3.8, 4) is 0 Å². The summed E-state index contributed by atoms with van der Waals surface area (Å²) in [6.45, 7) is 14.8. The fourth-order valence-corrected chi connectivity index (χ4v) is 5.39. The molecule has 1 aliphatic heterocycles. The molecule has 0 unspecified atom stereocenters. The second kappa shape index (κ2) is 5.44. The molecule has 1 fully saturated rings. The van der Waals surface area contributed by atoms with Gasteiger partial charge in [0, 0.05) is 39.3 Å². The predicted octanol–water partition coefficient (Wildman–Crippen LogP) is 2.51. The Balaban J connectivity index is 2.90. The van der Waals surface area contributed by atoms with Crippen molar-refractivity contribution >= 4 is 7.51 Å². The van der Waals surface area contributed by atoms with Crippen LogP contribution in [-0.4, -0.2) is 53.3 Å². The van der Waals surface area contributed by atoms with Crippen LogP contribution in [0.2, 0.25) is 0 Å². The highest BCUT2D eigenvalue weighted by Gasteiger charge is 2.41. The second-order valence-electron chi connectivity index (χ2n) is 3.80. The lowest BCUT2D eigenvalue weighted by molar-refractivity contribution is 0.386. The van der Waals surface area contributed by atoms with Gasteiger partial charge >= 0.3 is 0 Å². The van der Waals surface area contributed by atoms with Crippen LogP contribution in [0.4, 0.5) is 0 Å². The third kappa shape index (κ3) is 2.44. The molecule has 15 heavy (non-hydrogen) atoms. The van der Waals surface area contributed by atoms with Gasteiger partial charge in [-0.25, -0.2) is 14.0 Å². The fraction of sp³-hybridized carbons (Fsp3) is 1.00. The Hall–Kier alpha value is 0.110. The van der Waals surface area contributed by atoms with E-state index in [2.05, 4.69) is 41.7 Å². The highest BCUT2D eigenvalue weighted by Crippen LogP contribution is 2.59. The van der Waals surface area contributed by atoms with Gasteiger partial charge < -0.3 is 0 Å². The molecule has 1 saturated heterocycles. The first-order chi connectivity index (χ1) is 7.14. The van der Waals surface area contributed by atoms with E-state index >= 15 is 0 Å². The number of nitrogens with zero attached hydrogens (tertiary/aromatic N) is 3. The van der Waals surface area contributed by atoms with Crippen LogP contribution in [0.25, 0.3) is 0 Å². The molecule has 0 bridgehead atoms. The molecule has 0 aromatic carbocycles. The molecule has 0 amide bonds. The number of hydrogen-bond donors (Lipinski definition) is 1. The molecule has 0 aromatic rings. The van der Waals surface area contributed by atoms with Crippen molar-refractivity contribution in [2.45, 2.75) is 27.7 Å². The maximum absolute atomic E-state index is 8.84. The Morgan fingerprint density at radius 2 is 1.27 bits per heavy atom. The van der Waals surface area contributed by atoms with E-state index in [0.29, 0.717) is 0 Å². The Labute approximate surface area is 94.2 Å². The summed E-state index contributed by atoms with van der Waals surface area (Å²) >= 11 is 0. The Morgan fingerprint density at radius 3 is 1.47 bits per heavy atom. The van der Waals surface area contributed by atoms with Gasteiger partial charge in [-0.05, 0) is 0 Å². The summed E-state index contributed by atoms with van der Waals surface area (Å²) in [5.41, 5.74) is 0. The Kier molecular flexibility index (Phi) is 4.78. The third-order valence-electron chi connectivity index (χ3n) is 3.07. The highest BCUT2D eigenvalue weighted by atomic mass is 31.2. The summed E-state index contributed by atoms with van der Waals surface area (Å²) in [5, 5.41) is 8.84. The van der Waals surface area contributed by atoms with Gasteiger partial charge in [0.05, 0.1) is 0 Å². The van der Waals surface area contributed by atoms with Crippen LogP contribution in [0, 0.1) is 5.16 Å². The average molecular weight is 232 g/mol. The molecule has 1 heterocycles. The summed E-state index contributed by atoms with van der Waals surface area (Å²) in [6, 6.07) is 0. The van der Waals surface area contributed by atoms with Crippen LogP contribution in [0.5, 0.6) is 0 Å². The fourth-order valence-electron chi connectivity index (χ4n) is 2.10. The Bertz CT molecular complexity index is 216. The van der Waals surface area contributed by atoms with Crippen LogP contribution in [0.1, 0.15) is 27.7 Å². The van der Waals surface area contributed by atoms with E-state index in [9.17, 15) is 0 Å². The van der Waals surface area contributed by atoms with Gasteiger partial charge in [0.2, 0.25) is 0 Å². The largest absolute Gasteiger partial charge is 0.277 e. The van der Waals surface area contributed by atoms with Gasteiger partial charge in [-0.1, -0.05) is 27.7 Å². The van der Waals surface area contributed by atoms with Crippen molar-refractivity contribution in [3.63, 3.8) is 0 Å². The summed E-state index contributed by atoms with van der Waals surface area (Å²) < 4.78 is 7.02.